The summed E-state index contributed by atoms with van der Waals surface area (Å²) in [4.78, 5) is 43.8. The van der Waals surface area contributed by atoms with E-state index in [1.54, 1.807) is 30.3 Å². The van der Waals surface area contributed by atoms with E-state index in [1.165, 1.54) is 19.2 Å². The molecule has 2 aliphatic heterocycles. The van der Waals surface area contributed by atoms with Gasteiger partial charge in [-0.15, -0.1) is 0 Å². The van der Waals surface area contributed by atoms with E-state index in [1.807, 2.05) is 36.2 Å². The van der Waals surface area contributed by atoms with Crippen LogP contribution in [0.2, 0.25) is 0 Å². The van der Waals surface area contributed by atoms with Crippen LogP contribution < -0.4 is 20.9 Å². The lowest BCUT2D eigenvalue weighted by atomic mass is 9.98. The van der Waals surface area contributed by atoms with Crippen LogP contribution in [0, 0.1) is 5.82 Å². The molecule has 42 heavy (non-hydrogen) atoms. The van der Waals surface area contributed by atoms with Gasteiger partial charge in [0.05, 0.1) is 30.6 Å². The number of amides is 3. The summed E-state index contributed by atoms with van der Waals surface area (Å²) in [5, 5.41) is 8.35. The highest BCUT2D eigenvalue weighted by Crippen LogP contribution is 2.40. The number of nitrogens with zero attached hydrogens (tertiary/aromatic N) is 3. The predicted octanol–water partition coefficient (Wildman–Crippen LogP) is 4.15. The maximum absolute atomic E-state index is 14.0. The molecule has 1 saturated heterocycles. The Labute approximate surface area is 243 Å². The Morgan fingerprint density at radius 2 is 1.60 bits per heavy atom. The van der Waals surface area contributed by atoms with E-state index in [-0.39, 0.29) is 11.8 Å². The summed E-state index contributed by atoms with van der Waals surface area (Å²) in [5.41, 5.74) is 4.57. The molecule has 0 aliphatic carbocycles. The zero-order chi connectivity index (χ0) is 29.8. The Kier molecular flexibility index (Phi) is 8.51. The van der Waals surface area contributed by atoms with Crippen molar-refractivity contribution < 1.29 is 23.5 Å². The fraction of sp³-hybridized carbons (Fsp3) is 0.258. The maximum atomic E-state index is 14.0. The topological polar surface area (TPSA) is 106 Å². The number of likely N-dealkylation sites (N-methyl/N-ethyl adjacent to an activating group) is 1. The average molecular weight is 573 g/mol. The molecular formula is C31H33FN6O4. The normalized spacial score (nSPS) is 16.3. The lowest BCUT2D eigenvalue weighted by molar-refractivity contribution is -0.117. The van der Waals surface area contributed by atoms with Gasteiger partial charge >= 0.3 is 6.09 Å². The number of piperazine rings is 1. The second-order valence-corrected chi connectivity index (χ2v) is 10.3. The Hall–Kier alpha value is -4.74. The van der Waals surface area contributed by atoms with Crippen molar-refractivity contribution in [3.63, 3.8) is 0 Å². The van der Waals surface area contributed by atoms with Crippen LogP contribution in [0.1, 0.15) is 11.1 Å². The van der Waals surface area contributed by atoms with Gasteiger partial charge in [0, 0.05) is 55.9 Å². The number of methoxy groups -OCH3 is 1. The molecule has 0 saturated carbocycles. The van der Waals surface area contributed by atoms with Crippen molar-refractivity contribution in [2.45, 2.75) is 0 Å². The molecule has 0 bridgehead atoms. The van der Waals surface area contributed by atoms with Crippen molar-refractivity contribution in [3.8, 4) is 0 Å². The number of nitrogens with one attached hydrogen (secondary N) is 3. The first-order valence-electron chi connectivity index (χ1n) is 13.6. The molecule has 3 N–H and O–H groups in total. The largest absolute Gasteiger partial charge is 0.453 e. The number of halogens is 1. The maximum Gasteiger partial charge on any atom is 0.411 e. The predicted molar refractivity (Wildman–Crippen MR) is 162 cm³/mol. The first kappa shape index (κ1) is 28.8. The second kappa shape index (κ2) is 12.4. The van der Waals surface area contributed by atoms with Gasteiger partial charge in [-0.3, -0.25) is 19.8 Å². The van der Waals surface area contributed by atoms with Crippen molar-refractivity contribution in [2.75, 3.05) is 74.8 Å². The summed E-state index contributed by atoms with van der Waals surface area (Å²) in [5.74, 6) is -0.883. The van der Waals surface area contributed by atoms with E-state index >= 15 is 0 Å². The van der Waals surface area contributed by atoms with Crippen LogP contribution in [0.4, 0.5) is 31.9 Å². The summed E-state index contributed by atoms with van der Waals surface area (Å²) in [6.07, 6.45) is -0.597. The van der Waals surface area contributed by atoms with E-state index in [0.717, 1.165) is 31.9 Å². The van der Waals surface area contributed by atoms with Crippen molar-refractivity contribution in [2.24, 2.45) is 0 Å². The number of carbonyl (C=O) groups is 3. The SMILES string of the molecule is COC(=O)Nc1ccc(/C(=C2/C(=O)Nc3cc(F)ccc32)N(C)c2ccc(NC(=O)CN3CCN(C)CC3)cc2)cc1. The number of fused-ring (bicyclic) bond motifs is 1. The highest BCUT2D eigenvalue weighted by atomic mass is 19.1. The standard InChI is InChI=1S/C31H33FN6O4/c1-36-14-16-38(17-15-36)19-27(39)33-22-9-11-24(12-10-22)37(2)29(20-4-7-23(8-5-20)34-31(41)42-3)28-25-13-6-21(32)18-26(25)35-30(28)40/h4-13,18H,14-17,19H2,1-3H3,(H,33,39)(H,34,41)(H,35,40)/b29-28-. The number of hydrogen-bond donors (Lipinski definition) is 3. The quantitative estimate of drug-likeness (QED) is 0.366. The van der Waals surface area contributed by atoms with E-state index in [0.29, 0.717) is 46.0 Å². The third-order valence-electron chi connectivity index (χ3n) is 7.39. The van der Waals surface area contributed by atoms with Gasteiger partial charge in [-0.05, 0) is 67.2 Å². The summed E-state index contributed by atoms with van der Waals surface area (Å²) in [6.45, 7) is 3.92. The molecule has 2 aliphatic rings. The van der Waals surface area contributed by atoms with E-state index in [9.17, 15) is 18.8 Å². The molecule has 0 spiro atoms. The fourth-order valence-corrected chi connectivity index (χ4v) is 5.07. The molecule has 1 fully saturated rings. The van der Waals surface area contributed by atoms with E-state index in [2.05, 4.69) is 37.5 Å². The lowest BCUT2D eigenvalue weighted by Gasteiger charge is -2.31. The Bertz CT molecular complexity index is 1520. The fourth-order valence-electron chi connectivity index (χ4n) is 5.07. The molecule has 2 heterocycles. The zero-order valence-corrected chi connectivity index (χ0v) is 23.7. The number of ether oxygens (including phenoxy) is 1. The molecule has 11 heteroatoms. The highest BCUT2D eigenvalue weighted by Gasteiger charge is 2.30. The van der Waals surface area contributed by atoms with Crippen molar-refractivity contribution >= 4 is 51.9 Å². The monoisotopic (exact) mass is 572 g/mol. The third-order valence-corrected chi connectivity index (χ3v) is 7.39. The number of hydrogen-bond acceptors (Lipinski definition) is 7. The summed E-state index contributed by atoms with van der Waals surface area (Å²) < 4.78 is 18.6. The highest BCUT2D eigenvalue weighted by molar-refractivity contribution is 6.37. The number of carbonyl (C=O) groups excluding carboxylic acids is 3. The van der Waals surface area contributed by atoms with Gasteiger partial charge < -0.3 is 25.2 Å². The second-order valence-electron chi connectivity index (χ2n) is 10.3. The van der Waals surface area contributed by atoms with E-state index in [4.69, 9.17) is 0 Å². The minimum atomic E-state index is -0.597. The molecular weight excluding hydrogens is 539 g/mol. The van der Waals surface area contributed by atoms with Crippen LogP contribution in [0.5, 0.6) is 0 Å². The minimum absolute atomic E-state index is 0.0735. The van der Waals surface area contributed by atoms with Crippen LogP contribution >= 0.6 is 0 Å². The van der Waals surface area contributed by atoms with Crippen LogP contribution in [0.25, 0.3) is 11.3 Å². The first-order chi connectivity index (χ1) is 20.2. The Balaban J connectivity index is 1.42. The van der Waals surface area contributed by atoms with Crippen molar-refractivity contribution in [1.82, 2.24) is 9.80 Å². The number of benzene rings is 3. The molecule has 0 unspecified atom stereocenters. The molecule has 3 amide bonds. The van der Waals surface area contributed by atoms with Crippen LogP contribution in [0.3, 0.4) is 0 Å². The molecule has 10 nitrogen and oxygen atoms in total. The first-order valence-corrected chi connectivity index (χ1v) is 13.6. The molecule has 0 atom stereocenters. The van der Waals surface area contributed by atoms with Gasteiger partial charge in [0.25, 0.3) is 5.91 Å². The Morgan fingerprint density at radius 3 is 2.26 bits per heavy atom. The van der Waals surface area contributed by atoms with Gasteiger partial charge in [0.2, 0.25) is 5.91 Å². The molecule has 5 rings (SSSR count). The van der Waals surface area contributed by atoms with Crippen LogP contribution in [-0.4, -0.2) is 81.6 Å². The zero-order valence-electron chi connectivity index (χ0n) is 23.7. The van der Waals surface area contributed by atoms with Gasteiger partial charge in [0.15, 0.2) is 0 Å². The van der Waals surface area contributed by atoms with Crippen LogP contribution in [0.15, 0.2) is 66.7 Å². The van der Waals surface area contributed by atoms with Gasteiger partial charge in [-0.25, -0.2) is 9.18 Å². The van der Waals surface area contributed by atoms with Gasteiger partial charge in [-0.1, -0.05) is 12.1 Å². The smallest absolute Gasteiger partial charge is 0.411 e. The number of rotatable bonds is 7. The Morgan fingerprint density at radius 1 is 0.952 bits per heavy atom. The van der Waals surface area contributed by atoms with Crippen molar-refractivity contribution in [1.29, 1.82) is 0 Å². The molecule has 3 aromatic rings. The lowest BCUT2D eigenvalue weighted by Crippen LogP contribution is -2.47. The van der Waals surface area contributed by atoms with Crippen molar-refractivity contribution in [3.05, 3.63) is 83.7 Å². The van der Waals surface area contributed by atoms with Crippen LogP contribution in [-0.2, 0) is 14.3 Å². The van der Waals surface area contributed by atoms with Gasteiger partial charge in [-0.2, -0.15) is 0 Å². The van der Waals surface area contributed by atoms with E-state index < -0.39 is 11.9 Å². The molecule has 218 valence electrons. The molecule has 0 radical (unpaired) electrons. The summed E-state index contributed by atoms with van der Waals surface area (Å²) in [7, 11) is 5.19. The summed E-state index contributed by atoms with van der Waals surface area (Å²) >= 11 is 0. The minimum Gasteiger partial charge on any atom is -0.453 e. The molecule has 3 aromatic carbocycles. The third kappa shape index (κ3) is 6.42. The number of anilines is 4. The van der Waals surface area contributed by atoms with Gasteiger partial charge in [0.1, 0.15) is 5.82 Å². The average Bonchev–Trinajstić information content (AvgIpc) is 3.29. The summed E-state index contributed by atoms with van der Waals surface area (Å²) in [6, 6.07) is 18.5. The molecule has 0 aromatic heterocycles.